The summed E-state index contributed by atoms with van der Waals surface area (Å²) in [7, 11) is 1.70. The molecular weight excluding hydrogens is 441 g/mol. The zero-order valence-corrected chi connectivity index (χ0v) is 18.3. The van der Waals surface area contributed by atoms with Crippen molar-refractivity contribution >= 4 is 11.9 Å². The Morgan fingerprint density at radius 1 is 1.30 bits per heavy atom. The van der Waals surface area contributed by atoms with Crippen molar-refractivity contribution < 1.29 is 32.6 Å². The summed E-state index contributed by atoms with van der Waals surface area (Å²) < 4.78 is 39.2. The number of aliphatic carboxylic acids is 1. The topological polar surface area (TPSA) is 87.9 Å². The number of alkyl halides is 3. The van der Waals surface area contributed by atoms with E-state index in [1.165, 1.54) is 11.3 Å². The molecule has 1 aromatic heterocycles. The van der Waals surface area contributed by atoms with E-state index >= 15 is 0 Å². The standard InChI is InChI=1S/C20H26N4O2.C2HF3O2/c1-26-19-5-2-4-16(12-19)13-22-14-17-7-9-21-24(17)18(15-22)8-11-23-10-3-6-20(23)25;3-2(4,5)1(6)7/h2,4-5,7,9,12,18H,3,6,8,10-11,13-15H2,1H3;(H,6,7). The minimum absolute atomic E-state index is 0.301. The molecule has 2 aromatic rings. The number of hydrogen-bond donors (Lipinski definition) is 1. The molecule has 33 heavy (non-hydrogen) atoms. The van der Waals surface area contributed by atoms with Gasteiger partial charge in [-0.2, -0.15) is 18.3 Å². The predicted octanol–water partition coefficient (Wildman–Crippen LogP) is 3.09. The Hall–Kier alpha value is -3.08. The number of fused-ring (bicyclic) bond motifs is 1. The van der Waals surface area contributed by atoms with Crippen LogP contribution in [0.1, 0.15) is 36.6 Å². The maximum atomic E-state index is 11.9. The SMILES string of the molecule is COc1cccc(CN2Cc3ccnn3C(CCN3CCCC3=O)C2)c1.O=C(O)C(F)(F)F. The van der Waals surface area contributed by atoms with E-state index in [2.05, 4.69) is 32.9 Å². The Labute approximate surface area is 189 Å². The van der Waals surface area contributed by atoms with Gasteiger partial charge in [-0.3, -0.25) is 14.4 Å². The van der Waals surface area contributed by atoms with Crippen LogP contribution in [0.4, 0.5) is 13.2 Å². The fraction of sp³-hybridized carbons (Fsp3) is 0.500. The first-order chi connectivity index (χ1) is 15.7. The van der Waals surface area contributed by atoms with Crippen molar-refractivity contribution in [2.24, 2.45) is 0 Å². The van der Waals surface area contributed by atoms with Gasteiger partial charge in [-0.25, -0.2) is 4.79 Å². The molecule has 1 atom stereocenters. The van der Waals surface area contributed by atoms with Crippen LogP contribution in [0.3, 0.4) is 0 Å². The quantitative estimate of drug-likeness (QED) is 0.701. The van der Waals surface area contributed by atoms with Crippen molar-refractivity contribution in [3.63, 3.8) is 0 Å². The molecule has 8 nitrogen and oxygen atoms in total. The number of carboxylic acid groups (broad SMARTS) is 1. The summed E-state index contributed by atoms with van der Waals surface area (Å²) >= 11 is 0. The van der Waals surface area contributed by atoms with E-state index in [4.69, 9.17) is 14.6 Å². The van der Waals surface area contributed by atoms with Crippen molar-refractivity contribution in [1.82, 2.24) is 19.6 Å². The molecule has 0 spiro atoms. The van der Waals surface area contributed by atoms with Crippen LogP contribution in [-0.4, -0.2) is 69.5 Å². The number of carbonyl (C=O) groups is 2. The van der Waals surface area contributed by atoms with Gasteiger partial charge in [0.2, 0.25) is 5.91 Å². The number of amides is 1. The number of nitrogens with zero attached hydrogens (tertiary/aromatic N) is 4. The number of carbonyl (C=O) groups excluding carboxylic acids is 1. The molecular formula is C22H27F3N4O4. The van der Waals surface area contributed by atoms with E-state index in [-0.39, 0.29) is 0 Å². The summed E-state index contributed by atoms with van der Waals surface area (Å²) in [5, 5.41) is 11.7. The minimum Gasteiger partial charge on any atom is -0.497 e. The first-order valence-electron chi connectivity index (χ1n) is 10.6. The van der Waals surface area contributed by atoms with Gasteiger partial charge in [0.25, 0.3) is 0 Å². The molecule has 4 rings (SSSR count). The number of carboxylic acids is 1. The van der Waals surface area contributed by atoms with Gasteiger partial charge in [0.05, 0.1) is 18.8 Å². The fourth-order valence-corrected chi connectivity index (χ4v) is 4.07. The molecule has 0 aliphatic carbocycles. The summed E-state index contributed by atoms with van der Waals surface area (Å²) in [6.45, 7) is 4.48. The summed E-state index contributed by atoms with van der Waals surface area (Å²) in [6.07, 6.45) is -0.536. The molecule has 1 fully saturated rings. The van der Waals surface area contributed by atoms with Crippen LogP contribution in [0.15, 0.2) is 36.5 Å². The molecule has 0 saturated carbocycles. The third-order valence-corrected chi connectivity index (χ3v) is 5.64. The summed E-state index contributed by atoms with van der Waals surface area (Å²) in [5.41, 5.74) is 2.50. The summed E-state index contributed by atoms with van der Waals surface area (Å²) in [5.74, 6) is -1.56. The molecule has 2 aliphatic heterocycles. The number of ether oxygens (including phenoxy) is 1. The highest BCUT2D eigenvalue weighted by molar-refractivity contribution is 5.78. The molecule has 180 valence electrons. The number of aromatic nitrogens is 2. The highest BCUT2D eigenvalue weighted by Crippen LogP contribution is 2.26. The Bertz CT molecular complexity index is 963. The Morgan fingerprint density at radius 3 is 2.70 bits per heavy atom. The zero-order valence-electron chi connectivity index (χ0n) is 18.3. The van der Waals surface area contributed by atoms with Gasteiger partial charge in [-0.1, -0.05) is 12.1 Å². The second-order valence-corrected chi connectivity index (χ2v) is 8.02. The number of halogens is 3. The van der Waals surface area contributed by atoms with Crippen LogP contribution in [0.5, 0.6) is 5.75 Å². The van der Waals surface area contributed by atoms with Gasteiger partial charge >= 0.3 is 12.1 Å². The number of likely N-dealkylation sites (tertiary alicyclic amines) is 1. The van der Waals surface area contributed by atoms with E-state index in [1.807, 2.05) is 23.2 Å². The molecule has 1 N–H and O–H groups in total. The summed E-state index contributed by atoms with van der Waals surface area (Å²) in [4.78, 5) is 25.3. The fourth-order valence-electron chi connectivity index (χ4n) is 4.07. The Kier molecular flexibility index (Phi) is 7.96. The molecule has 3 heterocycles. The Balaban J connectivity index is 0.000000383. The van der Waals surface area contributed by atoms with Gasteiger partial charge in [-0.15, -0.1) is 0 Å². The van der Waals surface area contributed by atoms with E-state index in [0.717, 1.165) is 51.3 Å². The first-order valence-corrected chi connectivity index (χ1v) is 10.6. The van der Waals surface area contributed by atoms with Crippen LogP contribution in [-0.2, 0) is 22.7 Å². The highest BCUT2D eigenvalue weighted by atomic mass is 19.4. The zero-order chi connectivity index (χ0) is 24.0. The van der Waals surface area contributed by atoms with Gasteiger partial charge in [-0.05, 0) is 36.6 Å². The third-order valence-electron chi connectivity index (χ3n) is 5.64. The molecule has 0 radical (unpaired) electrons. The molecule has 1 aromatic carbocycles. The average molecular weight is 468 g/mol. The van der Waals surface area contributed by atoms with Crippen LogP contribution in [0.25, 0.3) is 0 Å². The van der Waals surface area contributed by atoms with Gasteiger partial charge < -0.3 is 14.7 Å². The smallest absolute Gasteiger partial charge is 0.490 e. The highest BCUT2D eigenvalue weighted by Gasteiger charge is 2.38. The number of hydrogen-bond acceptors (Lipinski definition) is 5. The molecule has 1 saturated heterocycles. The van der Waals surface area contributed by atoms with Crippen LogP contribution < -0.4 is 4.74 Å². The molecule has 1 amide bonds. The van der Waals surface area contributed by atoms with E-state index in [9.17, 15) is 18.0 Å². The number of benzene rings is 1. The lowest BCUT2D eigenvalue weighted by atomic mass is 10.1. The first kappa shape index (κ1) is 24.6. The minimum atomic E-state index is -5.08. The van der Waals surface area contributed by atoms with Crippen molar-refractivity contribution in [3.05, 3.63) is 47.8 Å². The molecule has 2 aliphatic rings. The summed E-state index contributed by atoms with van der Waals surface area (Å²) in [6, 6.07) is 10.7. The van der Waals surface area contributed by atoms with Crippen molar-refractivity contribution in [1.29, 1.82) is 0 Å². The third kappa shape index (κ3) is 6.70. The van der Waals surface area contributed by atoms with Crippen molar-refractivity contribution in [2.75, 3.05) is 26.7 Å². The lowest BCUT2D eigenvalue weighted by molar-refractivity contribution is -0.192. The van der Waals surface area contributed by atoms with Crippen LogP contribution in [0.2, 0.25) is 0 Å². The van der Waals surface area contributed by atoms with Crippen LogP contribution >= 0.6 is 0 Å². The van der Waals surface area contributed by atoms with E-state index in [0.29, 0.717) is 18.4 Å². The van der Waals surface area contributed by atoms with Crippen molar-refractivity contribution in [2.45, 2.75) is 44.6 Å². The predicted molar refractivity (Wildman–Crippen MR) is 112 cm³/mol. The number of methoxy groups -OCH3 is 1. The van der Waals surface area contributed by atoms with Crippen LogP contribution in [0, 0.1) is 0 Å². The largest absolute Gasteiger partial charge is 0.497 e. The molecule has 0 bridgehead atoms. The second-order valence-electron chi connectivity index (χ2n) is 8.02. The molecule has 11 heteroatoms. The van der Waals surface area contributed by atoms with Gasteiger partial charge in [0, 0.05) is 45.3 Å². The van der Waals surface area contributed by atoms with E-state index < -0.39 is 12.1 Å². The van der Waals surface area contributed by atoms with Gasteiger partial charge in [0.15, 0.2) is 0 Å². The average Bonchev–Trinajstić information content (AvgIpc) is 3.40. The molecule has 1 unspecified atom stereocenters. The second kappa shape index (κ2) is 10.7. The Morgan fingerprint density at radius 2 is 2.06 bits per heavy atom. The lowest BCUT2D eigenvalue weighted by Gasteiger charge is -2.34. The number of rotatable bonds is 6. The van der Waals surface area contributed by atoms with Crippen molar-refractivity contribution in [3.8, 4) is 5.75 Å². The lowest BCUT2D eigenvalue weighted by Crippen LogP contribution is -2.39. The maximum absolute atomic E-state index is 11.9. The maximum Gasteiger partial charge on any atom is 0.490 e. The van der Waals surface area contributed by atoms with Gasteiger partial charge in [0.1, 0.15) is 5.75 Å². The normalized spacial score (nSPS) is 18.5. The van der Waals surface area contributed by atoms with E-state index in [1.54, 1.807) is 7.11 Å². The monoisotopic (exact) mass is 468 g/mol.